The summed E-state index contributed by atoms with van der Waals surface area (Å²) in [5.41, 5.74) is -2.85. The molecule has 6 aromatic carbocycles. The van der Waals surface area contributed by atoms with Crippen LogP contribution in [0.25, 0.3) is 0 Å². The lowest BCUT2D eigenvalue weighted by Gasteiger charge is -2.21. The number of hydrogen-bond acceptors (Lipinski definition) is 6. The van der Waals surface area contributed by atoms with Crippen molar-refractivity contribution in [3.05, 3.63) is 178 Å². The number of alkyl halides is 8. The third-order valence-corrected chi connectivity index (χ3v) is 8.75. The average Bonchev–Trinajstić information content (AvgIpc) is 3.22. The summed E-state index contributed by atoms with van der Waals surface area (Å²) in [6, 6.07) is 18.9. The molecule has 2 amide bonds. The van der Waals surface area contributed by atoms with Crippen molar-refractivity contribution in [1.82, 2.24) is 0 Å². The van der Waals surface area contributed by atoms with Crippen molar-refractivity contribution in [1.29, 1.82) is 0 Å². The van der Waals surface area contributed by atoms with E-state index in [0.29, 0.717) is 29.8 Å². The molecule has 0 aromatic heterocycles. The van der Waals surface area contributed by atoms with Gasteiger partial charge in [-0.25, -0.2) is 22.8 Å². The number of aryl methyl sites for hydroxylation is 1. The van der Waals surface area contributed by atoms with Crippen LogP contribution >= 0.6 is 0 Å². The number of carboxylic acid groups (broad SMARTS) is 2. The summed E-state index contributed by atoms with van der Waals surface area (Å²) in [4.78, 5) is 47.2. The molecule has 0 saturated carbocycles. The van der Waals surface area contributed by atoms with Gasteiger partial charge in [-0.2, -0.15) is 35.1 Å². The van der Waals surface area contributed by atoms with Crippen LogP contribution in [0.1, 0.15) is 58.1 Å². The van der Waals surface area contributed by atoms with Crippen LogP contribution in [0.4, 0.5) is 59.7 Å². The van der Waals surface area contributed by atoms with Gasteiger partial charge in [0.25, 0.3) is 11.8 Å². The van der Waals surface area contributed by atoms with Gasteiger partial charge in [-0.1, -0.05) is 6.07 Å². The second kappa shape index (κ2) is 19.2. The monoisotopic (exact) mass is 920 g/mol. The molecular formula is C44H27F11N2O8. The average molecular weight is 921 g/mol. The number of anilines is 2. The van der Waals surface area contributed by atoms with E-state index in [-0.39, 0.29) is 45.6 Å². The van der Waals surface area contributed by atoms with E-state index >= 15 is 0 Å². The van der Waals surface area contributed by atoms with Crippen molar-refractivity contribution >= 4 is 35.1 Å². The summed E-state index contributed by atoms with van der Waals surface area (Å²) in [5, 5.41) is 22.6. The number of carboxylic acids is 2. The fourth-order valence-corrected chi connectivity index (χ4v) is 5.44. The molecule has 0 atom stereocenters. The van der Waals surface area contributed by atoms with Crippen LogP contribution in [0.3, 0.4) is 0 Å². The number of carbonyl (C=O) groups is 4. The Morgan fingerprint density at radius 3 is 1.32 bits per heavy atom. The topological polar surface area (TPSA) is 151 Å². The van der Waals surface area contributed by atoms with E-state index in [2.05, 4.69) is 10.6 Å². The molecule has 338 valence electrons. The Kier molecular flexibility index (Phi) is 14.2. The first-order chi connectivity index (χ1) is 30.3. The first-order valence-corrected chi connectivity index (χ1v) is 18.0. The minimum absolute atomic E-state index is 0.00309. The van der Waals surface area contributed by atoms with Gasteiger partial charge in [0, 0.05) is 23.0 Å². The zero-order chi connectivity index (χ0) is 48.0. The minimum Gasteiger partial charge on any atom is -0.478 e. The zero-order valence-corrected chi connectivity index (χ0v) is 32.5. The molecular weight excluding hydrogens is 893 g/mol. The molecule has 0 radical (unpaired) electrons. The Balaban J connectivity index is 0.000000245. The molecule has 6 rings (SSSR count). The molecule has 6 aromatic rings. The Morgan fingerprint density at radius 2 is 0.908 bits per heavy atom. The van der Waals surface area contributed by atoms with E-state index in [1.165, 1.54) is 49.4 Å². The Labute approximate surface area is 358 Å². The van der Waals surface area contributed by atoms with E-state index in [4.69, 9.17) is 19.7 Å². The van der Waals surface area contributed by atoms with Gasteiger partial charge in [0.15, 0.2) is 11.6 Å². The van der Waals surface area contributed by atoms with Crippen LogP contribution in [0.2, 0.25) is 0 Å². The van der Waals surface area contributed by atoms with Crippen molar-refractivity contribution in [2.75, 3.05) is 10.6 Å². The number of hydrogen-bond donors (Lipinski definition) is 4. The largest absolute Gasteiger partial charge is 0.478 e. The van der Waals surface area contributed by atoms with Crippen LogP contribution in [-0.2, 0) is 12.1 Å². The maximum Gasteiger partial charge on any atom is 0.458 e. The Hall–Kier alpha value is -7.97. The summed E-state index contributed by atoms with van der Waals surface area (Å²) in [6.45, 7) is 1.51. The summed E-state index contributed by atoms with van der Waals surface area (Å²) in [7, 11) is 0. The maximum absolute atomic E-state index is 14.0. The van der Waals surface area contributed by atoms with Gasteiger partial charge >= 0.3 is 30.2 Å². The van der Waals surface area contributed by atoms with Crippen molar-refractivity contribution in [3.8, 4) is 23.0 Å². The number of halogens is 11. The van der Waals surface area contributed by atoms with E-state index in [9.17, 15) is 67.5 Å². The van der Waals surface area contributed by atoms with Gasteiger partial charge in [-0.05, 0) is 122 Å². The third-order valence-electron chi connectivity index (χ3n) is 8.75. The van der Waals surface area contributed by atoms with Gasteiger partial charge < -0.3 is 30.3 Å². The molecule has 0 spiro atoms. The molecule has 0 aliphatic heterocycles. The first kappa shape index (κ1) is 48.1. The highest BCUT2D eigenvalue weighted by Gasteiger charge is 2.59. The van der Waals surface area contributed by atoms with Crippen LogP contribution in [0.15, 0.2) is 121 Å². The quantitative estimate of drug-likeness (QED) is 0.0938. The van der Waals surface area contributed by atoms with Gasteiger partial charge in [-0.15, -0.1) is 0 Å². The van der Waals surface area contributed by atoms with Crippen molar-refractivity contribution in [2.24, 2.45) is 0 Å². The molecule has 10 nitrogen and oxygen atoms in total. The molecule has 0 heterocycles. The van der Waals surface area contributed by atoms with Crippen molar-refractivity contribution in [2.45, 2.75) is 25.2 Å². The van der Waals surface area contributed by atoms with E-state index in [1.54, 1.807) is 0 Å². The lowest BCUT2D eigenvalue weighted by Crippen LogP contribution is -2.33. The van der Waals surface area contributed by atoms with E-state index in [0.717, 1.165) is 48.5 Å². The lowest BCUT2D eigenvalue weighted by molar-refractivity contribution is -0.289. The van der Waals surface area contributed by atoms with Crippen LogP contribution in [-0.4, -0.2) is 40.1 Å². The number of aromatic carboxylic acids is 2. The fourth-order valence-electron chi connectivity index (χ4n) is 5.44. The Morgan fingerprint density at radius 1 is 0.492 bits per heavy atom. The predicted octanol–water partition coefficient (Wildman–Crippen LogP) is 12.3. The summed E-state index contributed by atoms with van der Waals surface area (Å²) in [5.74, 6) is -14.3. The molecule has 0 fully saturated rings. The van der Waals surface area contributed by atoms with Gasteiger partial charge in [-0.3, -0.25) is 9.59 Å². The van der Waals surface area contributed by atoms with Gasteiger partial charge in [0.1, 0.15) is 28.9 Å². The summed E-state index contributed by atoms with van der Waals surface area (Å²) >= 11 is 0. The van der Waals surface area contributed by atoms with E-state index in [1.807, 2.05) is 0 Å². The number of rotatable bonds is 11. The molecule has 0 aliphatic rings. The Bertz CT molecular complexity index is 2760. The highest BCUT2D eigenvalue weighted by atomic mass is 19.4. The fraction of sp³-hybridized carbons (Fsp3) is 0.0909. The molecule has 65 heavy (non-hydrogen) atoms. The van der Waals surface area contributed by atoms with Crippen molar-refractivity contribution in [3.63, 3.8) is 0 Å². The highest BCUT2D eigenvalue weighted by Crippen LogP contribution is 2.45. The second-order valence-corrected chi connectivity index (χ2v) is 13.4. The maximum atomic E-state index is 14.0. The van der Waals surface area contributed by atoms with Gasteiger partial charge in [0.05, 0.1) is 27.8 Å². The van der Waals surface area contributed by atoms with Crippen LogP contribution < -0.4 is 20.1 Å². The zero-order valence-electron chi connectivity index (χ0n) is 32.5. The molecule has 21 heteroatoms. The summed E-state index contributed by atoms with van der Waals surface area (Å²) in [6.07, 6.45) is -10.6. The molecule has 4 N–H and O–H groups in total. The normalized spacial score (nSPS) is 11.4. The SMILES string of the molecule is Cc1cc(F)ccc1Oc1cc(C(F)(F)F)ccc1C(=O)Nc1ccc(C(=O)O)cc1.O=C(O)c1ccc(NC(=O)c2ccc(C(F)(F)C(F)(F)F)cc2Oc2ccc(F)cc2F)cc1. The molecule has 0 bridgehead atoms. The smallest absolute Gasteiger partial charge is 0.458 e. The van der Waals surface area contributed by atoms with E-state index < -0.39 is 87.7 Å². The summed E-state index contributed by atoms with van der Waals surface area (Å²) < 4.78 is 157. The lowest BCUT2D eigenvalue weighted by atomic mass is 10.0. The molecule has 0 unspecified atom stereocenters. The number of nitrogens with one attached hydrogen (secondary N) is 2. The van der Waals surface area contributed by atoms with Gasteiger partial charge in [0.2, 0.25) is 0 Å². The second-order valence-electron chi connectivity index (χ2n) is 13.4. The standard InChI is InChI=1S/C22H12F7NO4.C22H15F4NO4/c23-13-4-8-17(16(24)10-13)34-18-9-12(21(25,26)22(27,28)29)3-7-15(18)19(31)30-14-5-1-11(2-6-14)20(32)33;1-12-10-15(23)5-9-18(12)31-19-11-14(22(24,25)26)4-8-17(19)20(28)27-16-6-2-13(3-7-16)21(29)30/h1-10H,(H,30,31)(H,32,33);2-11H,1H3,(H,27,28)(H,29,30). The third kappa shape index (κ3) is 11.9. The molecule has 0 aliphatic carbocycles. The first-order valence-electron chi connectivity index (χ1n) is 18.0. The minimum atomic E-state index is -5.97. The number of carbonyl (C=O) groups excluding carboxylic acids is 2. The number of amides is 2. The number of ether oxygens (including phenoxy) is 2. The van der Waals surface area contributed by atoms with Crippen LogP contribution in [0.5, 0.6) is 23.0 Å². The van der Waals surface area contributed by atoms with Crippen LogP contribution in [0, 0.1) is 24.4 Å². The number of benzene rings is 6. The highest BCUT2D eigenvalue weighted by molar-refractivity contribution is 6.07. The molecule has 0 saturated heterocycles. The van der Waals surface area contributed by atoms with Crippen molar-refractivity contribution < 1.29 is 87.2 Å². The predicted molar refractivity (Wildman–Crippen MR) is 208 cm³/mol.